The molecular formula is C20H25N5O4. The summed E-state index contributed by atoms with van der Waals surface area (Å²) in [7, 11) is 0. The van der Waals surface area contributed by atoms with Crippen LogP contribution in [0.1, 0.15) is 43.2 Å². The molecule has 3 amide bonds. The Morgan fingerprint density at radius 3 is 2.66 bits per heavy atom. The number of urea groups is 1. The van der Waals surface area contributed by atoms with Gasteiger partial charge in [-0.2, -0.15) is 5.10 Å². The van der Waals surface area contributed by atoms with Gasteiger partial charge in [0, 0.05) is 32.2 Å². The van der Waals surface area contributed by atoms with Crippen LogP contribution in [0.25, 0.3) is 0 Å². The van der Waals surface area contributed by atoms with Crippen LogP contribution in [-0.4, -0.2) is 50.9 Å². The number of amides is 3. The number of benzene rings is 1. The number of hydrogen-bond acceptors (Lipinski definition) is 5. The Labute approximate surface area is 168 Å². The number of rotatable bonds is 7. The van der Waals surface area contributed by atoms with Crippen LogP contribution in [0.15, 0.2) is 35.1 Å². The average Bonchev–Trinajstić information content (AvgIpc) is 3.42. The lowest BCUT2D eigenvalue weighted by atomic mass is 9.92. The van der Waals surface area contributed by atoms with Gasteiger partial charge in [0.2, 0.25) is 5.91 Å². The zero-order valence-corrected chi connectivity index (χ0v) is 16.4. The van der Waals surface area contributed by atoms with Crippen molar-refractivity contribution < 1.29 is 14.3 Å². The summed E-state index contributed by atoms with van der Waals surface area (Å²) >= 11 is 0. The minimum Gasteiger partial charge on any atom is -0.370 e. The predicted molar refractivity (Wildman–Crippen MR) is 104 cm³/mol. The van der Waals surface area contributed by atoms with Crippen molar-refractivity contribution in [1.82, 2.24) is 24.6 Å². The van der Waals surface area contributed by atoms with Gasteiger partial charge in [0.05, 0.1) is 6.54 Å². The van der Waals surface area contributed by atoms with Gasteiger partial charge in [-0.25, -0.2) is 14.3 Å². The Hall–Kier alpha value is -2.94. The van der Waals surface area contributed by atoms with E-state index in [4.69, 9.17) is 4.74 Å². The van der Waals surface area contributed by atoms with Crippen LogP contribution in [0.5, 0.6) is 0 Å². The van der Waals surface area contributed by atoms with E-state index in [0.29, 0.717) is 31.9 Å². The molecule has 154 valence electrons. The largest absolute Gasteiger partial charge is 0.370 e. The first-order valence-corrected chi connectivity index (χ1v) is 10.0. The molecule has 4 rings (SSSR count). The number of nitrogens with one attached hydrogen (secondary N) is 1. The number of aryl methyl sites for hydroxylation is 1. The molecule has 2 aliphatic heterocycles. The molecule has 2 saturated heterocycles. The van der Waals surface area contributed by atoms with E-state index in [2.05, 4.69) is 22.5 Å². The molecule has 0 unspecified atom stereocenters. The first-order chi connectivity index (χ1) is 14.1. The first kappa shape index (κ1) is 19.4. The SMILES string of the molecule is CCn1c([C@H]2OCC[C@H]2c2ccccc2)nn(CCCN2C(=O)CNC2=O)c1=O. The summed E-state index contributed by atoms with van der Waals surface area (Å²) in [5.41, 5.74) is 0.986. The fraction of sp³-hybridized carbons (Fsp3) is 0.500. The fourth-order valence-corrected chi connectivity index (χ4v) is 4.06. The number of aromatic nitrogens is 3. The summed E-state index contributed by atoms with van der Waals surface area (Å²) in [6, 6.07) is 9.77. The van der Waals surface area contributed by atoms with E-state index < -0.39 is 0 Å². The van der Waals surface area contributed by atoms with Crippen molar-refractivity contribution in [3.8, 4) is 0 Å². The van der Waals surface area contributed by atoms with Gasteiger partial charge in [0.15, 0.2) is 5.82 Å². The molecule has 2 atom stereocenters. The summed E-state index contributed by atoms with van der Waals surface area (Å²) in [4.78, 5) is 37.3. The van der Waals surface area contributed by atoms with Crippen molar-refractivity contribution >= 4 is 11.9 Å². The van der Waals surface area contributed by atoms with Gasteiger partial charge in [0.1, 0.15) is 6.10 Å². The number of imide groups is 1. The van der Waals surface area contributed by atoms with Crippen LogP contribution < -0.4 is 11.0 Å². The molecule has 0 saturated carbocycles. The molecule has 3 heterocycles. The Balaban J connectivity index is 1.52. The molecule has 2 aromatic rings. The van der Waals surface area contributed by atoms with Crippen molar-refractivity contribution in [2.75, 3.05) is 19.7 Å². The second-order valence-electron chi connectivity index (χ2n) is 7.26. The molecule has 0 bridgehead atoms. The standard InChI is InChI=1S/C20H25N5O4/c1-2-23-18(17-15(9-12-29-17)14-7-4-3-5-8-14)22-25(20(23)28)11-6-10-24-16(26)13-21-19(24)27/h3-5,7-8,15,17H,2,6,9-13H2,1H3,(H,21,27)/t15-,17-/m0/s1. The molecule has 9 nitrogen and oxygen atoms in total. The Bertz CT molecular complexity index is 936. The summed E-state index contributed by atoms with van der Waals surface area (Å²) in [6.45, 7) is 3.67. The number of hydrogen-bond donors (Lipinski definition) is 1. The van der Waals surface area contributed by atoms with Gasteiger partial charge >= 0.3 is 11.7 Å². The highest BCUT2D eigenvalue weighted by molar-refractivity contribution is 6.01. The van der Waals surface area contributed by atoms with Crippen LogP contribution in [-0.2, 0) is 22.6 Å². The van der Waals surface area contributed by atoms with E-state index in [9.17, 15) is 14.4 Å². The van der Waals surface area contributed by atoms with Gasteiger partial charge < -0.3 is 10.1 Å². The molecule has 0 radical (unpaired) electrons. The lowest BCUT2D eigenvalue weighted by Crippen LogP contribution is -2.33. The quantitative estimate of drug-likeness (QED) is 0.707. The molecule has 1 aromatic heterocycles. The smallest absolute Gasteiger partial charge is 0.345 e. The highest BCUT2D eigenvalue weighted by Gasteiger charge is 2.35. The number of carbonyl (C=O) groups is 2. The van der Waals surface area contributed by atoms with Gasteiger partial charge in [-0.3, -0.25) is 14.3 Å². The third kappa shape index (κ3) is 3.69. The number of carbonyl (C=O) groups excluding carboxylic acids is 2. The Morgan fingerprint density at radius 1 is 1.17 bits per heavy atom. The zero-order valence-electron chi connectivity index (χ0n) is 16.4. The van der Waals surface area contributed by atoms with E-state index in [1.807, 2.05) is 25.1 Å². The van der Waals surface area contributed by atoms with Crippen molar-refractivity contribution in [3.63, 3.8) is 0 Å². The van der Waals surface area contributed by atoms with E-state index in [1.54, 1.807) is 4.57 Å². The van der Waals surface area contributed by atoms with E-state index >= 15 is 0 Å². The fourth-order valence-electron chi connectivity index (χ4n) is 4.06. The van der Waals surface area contributed by atoms with Crippen molar-refractivity contribution in [2.45, 2.75) is 44.9 Å². The van der Waals surface area contributed by atoms with E-state index in [0.717, 1.165) is 6.42 Å². The summed E-state index contributed by atoms with van der Waals surface area (Å²) < 4.78 is 9.06. The molecule has 9 heteroatoms. The van der Waals surface area contributed by atoms with Crippen LogP contribution in [0, 0.1) is 0 Å². The normalized spacial score (nSPS) is 21.8. The van der Waals surface area contributed by atoms with Gasteiger partial charge in [-0.05, 0) is 25.3 Å². The lowest BCUT2D eigenvalue weighted by molar-refractivity contribution is -0.125. The molecule has 0 spiro atoms. The van der Waals surface area contributed by atoms with Crippen molar-refractivity contribution in [1.29, 1.82) is 0 Å². The zero-order chi connectivity index (χ0) is 20.4. The highest BCUT2D eigenvalue weighted by atomic mass is 16.5. The molecule has 2 fully saturated rings. The summed E-state index contributed by atoms with van der Waals surface area (Å²) in [6.07, 6.45) is 1.08. The van der Waals surface area contributed by atoms with Gasteiger partial charge in [-0.15, -0.1) is 0 Å². The predicted octanol–water partition coefficient (Wildman–Crippen LogP) is 1.25. The van der Waals surface area contributed by atoms with E-state index in [-0.39, 0.29) is 42.7 Å². The van der Waals surface area contributed by atoms with E-state index in [1.165, 1.54) is 15.1 Å². The molecule has 29 heavy (non-hydrogen) atoms. The molecular weight excluding hydrogens is 374 g/mol. The number of nitrogens with zero attached hydrogens (tertiary/aromatic N) is 4. The van der Waals surface area contributed by atoms with Crippen LogP contribution >= 0.6 is 0 Å². The van der Waals surface area contributed by atoms with Crippen LogP contribution in [0.3, 0.4) is 0 Å². The van der Waals surface area contributed by atoms with Crippen LogP contribution in [0.2, 0.25) is 0 Å². The molecule has 1 aromatic carbocycles. The van der Waals surface area contributed by atoms with Gasteiger partial charge in [-0.1, -0.05) is 30.3 Å². The maximum atomic E-state index is 12.8. The summed E-state index contributed by atoms with van der Waals surface area (Å²) in [5.74, 6) is 0.550. The third-order valence-corrected chi connectivity index (χ3v) is 5.53. The van der Waals surface area contributed by atoms with Crippen molar-refractivity contribution in [3.05, 3.63) is 52.2 Å². The Morgan fingerprint density at radius 2 is 1.97 bits per heavy atom. The minimum atomic E-state index is -0.382. The minimum absolute atomic E-state index is 0.0350. The molecule has 1 N–H and O–H groups in total. The average molecular weight is 399 g/mol. The Kier molecular flexibility index (Phi) is 5.48. The third-order valence-electron chi connectivity index (χ3n) is 5.53. The van der Waals surface area contributed by atoms with Crippen LogP contribution in [0.4, 0.5) is 4.79 Å². The second kappa shape index (κ2) is 8.20. The topological polar surface area (TPSA) is 98.5 Å². The molecule has 0 aliphatic carbocycles. The highest BCUT2D eigenvalue weighted by Crippen LogP contribution is 2.40. The first-order valence-electron chi connectivity index (χ1n) is 10.0. The van der Waals surface area contributed by atoms with Crippen molar-refractivity contribution in [2.24, 2.45) is 0 Å². The maximum Gasteiger partial charge on any atom is 0.345 e. The maximum absolute atomic E-state index is 12.8. The monoisotopic (exact) mass is 399 g/mol. The van der Waals surface area contributed by atoms with Gasteiger partial charge in [0.25, 0.3) is 0 Å². The summed E-state index contributed by atoms with van der Waals surface area (Å²) in [5, 5.41) is 7.07. The molecule has 2 aliphatic rings. The lowest BCUT2D eigenvalue weighted by Gasteiger charge is -2.18. The second-order valence-corrected chi connectivity index (χ2v) is 7.26. The number of ether oxygens (including phenoxy) is 1.